The van der Waals surface area contributed by atoms with Crippen LogP contribution >= 0.6 is 0 Å². The van der Waals surface area contributed by atoms with Gasteiger partial charge in [-0.05, 0) is 48.6 Å². The lowest BCUT2D eigenvalue weighted by molar-refractivity contribution is 0.252. The SMILES string of the molecule is CCCC1CCC(CCc2ccc(CC/C=C/F)cc2)CC1. The molecule has 0 heterocycles. The molecule has 0 radical (unpaired) electrons. The molecule has 122 valence electrons. The molecular formula is C21H31F. The molecule has 0 aliphatic heterocycles. The van der Waals surface area contributed by atoms with Gasteiger partial charge in [0.15, 0.2) is 0 Å². The molecule has 0 spiro atoms. The molecule has 1 fully saturated rings. The van der Waals surface area contributed by atoms with E-state index >= 15 is 0 Å². The summed E-state index contributed by atoms with van der Waals surface area (Å²) in [5.41, 5.74) is 2.77. The standard InChI is InChI=1S/C21H31F/c1-2-5-18-7-11-20(12-8-18)15-16-21-13-9-19(10-14-21)6-3-4-17-22/h4,9-10,13-14,17-18,20H,2-3,5-8,11-12,15-16H2,1H3/b17-4+. The van der Waals surface area contributed by atoms with Crippen LogP contribution in [0.3, 0.4) is 0 Å². The number of allylic oxidation sites excluding steroid dienone is 1. The summed E-state index contributed by atoms with van der Waals surface area (Å²) in [6.07, 6.45) is 15.1. The van der Waals surface area contributed by atoms with Crippen LogP contribution in [0.25, 0.3) is 0 Å². The maximum absolute atomic E-state index is 11.9. The van der Waals surface area contributed by atoms with Crippen LogP contribution in [0, 0.1) is 11.8 Å². The molecule has 0 atom stereocenters. The van der Waals surface area contributed by atoms with Gasteiger partial charge in [-0.3, -0.25) is 0 Å². The Morgan fingerprint density at radius 2 is 1.45 bits per heavy atom. The van der Waals surface area contributed by atoms with Gasteiger partial charge in [0.2, 0.25) is 0 Å². The summed E-state index contributed by atoms with van der Waals surface area (Å²) in [6, 6.07) is 8.94. The Balaban J connectivity index is 1.69. The van der Waals surface area contributed by atoms with E-state index in [0.717, 1.165) is 24.7 Å². The number of aryl methyl sites for hydroxylation is 2. The predicted molar refractivity (Wildman–Crippen MR) is 93.7 cm³/mol. The van der Waals surface area contributed by atoms with Crippen molar-refractivity contribution < 1.29 is 4.39 Å². The third-order valence-corrected chi connectivity index (χ3v) is 5.22. The number of hydrogen-bond donors (Lipinski definition) is 0. The van der Waals surface area contributed by atoms with Gasteiger partial charge in [0.1, 0.15) is 0 Å². The predicted octanol–water partition coefficient (Wildman–Crippen LogP) is 6.64. The molecule has 1 aromatic rings. The summed E-state index contributed by atoms with van der Waals surface area (Å²) in [4.78, 5) is 0. The molecule has 22 heavy (non-hydrogen) atoms. The van der Waals surface area contributed by atoms with Gasteiger partial charge in [-0.2, -0.15) is 0 Å². The maximum atomic E-state index is 11.9. The zero-order valence-corrected chi connectivity index (χ0v) is 14.1. The van der Waals surface area contributed by atoms with E-state index in [-0.39, 0.29) is 0 Å². The molecule has 0 aromatic heterocycles. The lowest BCUT2D eigenvalue weighted by atomic mass is 9.78. The van der Waals surface area contributed by atoms with Gasteiger partial charge in [-0.15, -0.1) is 0 Å². The van der Waals surface area contributed by atoms with Crippen molar-refractivity contribution in [1.82, 2.24) is 0 Å². The smallest absolute Gasteiger partial charge is 0.0827 e. The first-order valence-corrected chi connectivity index (χ1v) is 9.14. The first-order valence-electron chi connectivity index (χ1n) is 9.14. The Hall–Kier alpha value is -1.11. The van der Waals surface area contributed by atoms with Crippen LogP contribution < -0.4 is 0 Å². The Labute approximate surface area is 135 Å². The fourth-order valence-corrected chi connectivity index (χ4v) is 3.77. The van der Waals surface area contributed by atoms with E-state index in [0.29, 0.717) is 6.33 Å². The Kier molecular flexibility index (Phi) is 7.70. The highest BCUT2D eigenvalue weighted by Crippen LogP contribution is 2.33. The van der Waals surface area contributed by atoms with Crippen LogP contribution in [0.4, 0.5) is 4.39 Å². The van der Waals surface area contributed by atoms with Crippen molar-refractivity contribution in [3.8, 4) is 0 Å². The van der Waals surface area contributed by atoms with Crippen molar-refractivity contribution in [3.05, 3.63) is 47.8 Å². The Bertz CT molecular complexity index is 424. The molecule has 0 saturated heterocycles. The average Bonchev–Trinajstić information content (AvgIpc) is 2.56. The number of halogens is 1. The fraction of sp³-hybridized carbons (Fsp3) is 0.619. The summed E-state index contributed by atoms with van der Waals surface area (Å²) < 4.78 is 11.9. The Morgan fingerprint density at radius 1 is 0.909 bits per heavy atom. The van der Waals surface area contributed by atoms with E-state index < -0.39 is 0 Å². The van der Waals surface area contributed by atoms with Gasteiger partial charge in [-0.1, -0.05) is 75.8 Å². The first kappa shape index (κ1) is 17.2. The zero-order valence-electron chi connectivity index (χ0n) is 14.1. The minimum atomic E-state index is 0.642. The van der Waals surface area contributed by atoms with E-state index in [9.17, 15) is 4.39 Å². The van der Waals surface area contributed by atoms with E-state index in [2.05, 4.69) is 31.2 Å². The highest BCUT2D eigenvalue weighted by molar-refractivity contribution is 5.23. The van der Waals surface area contributed by atoms with Crippen LogP contribution in [0.1, 0.15) is 69.4 Å². The second kappa shape index (κ2) is 9.82. The monoisotopic (exact) mass is 302 g/mol. The molecule has 1 saturated carbocycles. The summed E-state index contributed by atoms with van der Waals surface area (Å²) in [6.45, 7) is 2.31. The van der Waals surface area contributed by atoms with Crippen molar-refractivity contribution in [2.24, 2.45) is 11.8 Å². The average molecular weight is 302 g/mol. The van der Waals surface area contributed by atoms with Gasteiger partial charge >= 0.3 is 0 Å². The molecule has 0 amide bonds. The summed E-state index contributed by atoms with van der Waals surface area (Å²) in [5.74, 6) is 1.96. The molecule has 2 rings (SSSR count). The molecular weight excluding hydrogens is 271 g/mol. The minimum Gasteiger partial charge on any atom is -0.216 e. The van der Waals surface area contributed by atoms with Crippen molar-refractivity contribution >= 4 is 0 Å². The topological polar surface area (TPSA) is 0 Å². The molecule has 1 heteroatoms. The lowest BCUT2D eigenvalue weighted by Crippen LogP contribution is -2.15. The number of benzene rings is 1. The summed E-state index contributed by atoms with van der Waals surface area (Å²) >= 11 is 0. The minimum absolute atomic E-state index is 0.642. The van der Waals surface area contributed by atoms with Gasteiger partial charge in [-0.25, -0.2) is 4.39 Å². The lowest BCUT2D eigenvalue weighted by Gasteiger charge is -2.28. The van der Waals surface area contributed by atoms with Crippen LogP contribution in [0.5, 0.6) is 0 Å². The summed E-state index contributed by atoms with van der Waals surface area (Å²) in [7, 11) is 0. The van der Waals surface area contributed by atoms with Crippen molar-refractivity contribution in [3.63, 3.8) is 0 Å². The second-order valence-corrected chi connectivity index (χ2v) is 6.93. The highest BCUT2D eigenvalue weighted by Gasteiger charge is 2.20. The number of rotatable bonds is 8. The van der Waals surface area contributed by atoms with E-state index in [4.69, 9.17) is 0 Å². The van der Waals surface area contributed by atoms with Crippen molar-refractivity contribution in [2.45, 2.75) is 71.1 Å². The van der Waals surface area contributed by atoms with Gasteiger partial charge in [0.25, 0.3) is 0 Å². The Morgan fingerprint density at radius 3 is 2.00 bits per heavy atom. The zero-order chi connectivity index (χ0) is 15.6. The third kappa shape index (κ3) is 5.94. The normalized spacial score (nSPS) is 22.3. The van der Waals surface area contributed by atoms with Crippen LogP contribution in [0.15, 0.2) is 36.7 Å². The van der Waals surface area contributed by atoms with E-state index in [1.807, 2.05) is 0 Å². The van der Waals surface area contributed by atoms with E-state index in [1.54, 1.807) is 6.08 Å². The van der Waals surface area contributed by atoms with Gasteiger partial charge < -0.3 is 0 Å². The molecule has 0 nitrogen and oxygen atoms in total. The quantitative estimate of drug-likeness (QED) is 0.505. The molecule has 0 N–H and O–H groups in total. The van der Waals surface area contributed by atoms with Gasteiger partial charge in [0.05, 0.1) is 6.33 Å². The largest absolute Gasteiger partial charge is 0.216 e. The maximum Gasteiger partial charge on any atom is 0.0827 e. The fourth-order valence-electron chi connectivity index (χ4n) is 3.77. The first-order chi connectivity index (χ1) is 10.8. The molecule has 1 aliphatic rings. The van der Waals surface area contributed by atoms with Crippen LogP contribution in [-0.2, 0) is 12.8 Å². The van der Waals surface area contributed by atoms with Crippen LogP contribution in [-0.4, -0.2) is 0 Å². The molecule has 1 aromatic carbocycles. The summed E-state index contributed by atoms with van der Waals surface area (Å²) in [5, 5.41) is 0. The molecule has 0 bridgehead atoms. The third-order valence-electron chi connectivity index (χ3n) is 5.22. The van der Waals surface area contributed by atoms with Crippen molar-refractivity contribution in [1.29, 1.82) is 0 Å². The van der Waals surface area contributed by atoms with Crippen molar-refractivity contribution in [2.75, 3.05) is 0 Å². The molecule has 1 aliphatic carbocycles. The van der Waals surface area contributed by atoms with Crippen LogP contribution in [0.2, 0.25) is 0 Å². The molecule has 0 unspecified atom stereocenters. The van der Waals surface area contributed by atoms with Gasteiger partial charge in [0, 0.05) is 0 Å². The number of hydrogen-bond acceptors (Lipinski definition) is 0. The highest BCUT2D eigenvalue weighted by atomic mass is 19.1. The second-order valence-electron chi connectivity index (χ2n) is 6.93. The van der Waals surface area contributed by atoms with E-state index in [1.165, 1.54) is 62.5 Å².